The molecule has 154 valence electrons. The molecule has 4 aromatic rings. The van der Waals surface area contributed by atoms with Gasteiger partial charge < -0.3 is 9.47 Å². The number of hydrogen-bond acceptors (Lipinski definition) is 6. The molecule has 1 aromatic carbocycles. The molecule has 1 amide bonds. The van der Waals surface area contributed by atoms with Gasteiger partial charge >= 0.3 is 0 Å². The lowest BCUT2D eigenvalue weighted by atomic mass is 9.95. The summed E-state index contributed by atoms with van der Waals surface area (Å²) in [4.78, 5) is 24.6. The van der Waals surface area contributed by atoms with E-state index in [1.54, 1.807) is 0 Å². The molecule has 5 rings (SSSR count). The number of fused-ring (bicyclic) bond motifs is 1. The molecule has 0 radical (unpaired) electrons. The largest absolute Gasteiger partial charge is 0.338 e. The van der Waals surface area contributed by atoms with Crippen LogP contribution in [0.25, 0.3) is 11.0 Å². The van der Waals surface area contributed by atoms with Crippen LogP contribution >= 0.6 is 11.3 Å². The topological polar surface area (TPSA) is 81.7 Å². The summed E-state index contributed by atoms with van der Waals surface area (Å²) in [5.74, 6) is 1.48. The third kappa shape index (κ3) is 3.39. The Bertz CT molecular complexity index is 1200. The number of aryl methyl sites for hydroxylation is 2. The number of imidazole rings is 1. The van der Waals surface area contributed by atoms with Gasteiger partial charge in [-0.2, -0.15) is 0 Å². The number of rotatable bonds is 4. The highest BCUT2D eigenvalue weighted by atomic mass is 32.1. The highest BCUT2D eigenvalue weighted by Gasteiger charge is 2.28. The van der Waals surface area contributed by atoms with E-state index in [9.17, 15) is 4.79 Å². The van der Waals surface area contributed by atoms with Gasteiger partial charge in [0, 0.05) is 31.4 Å². The quantitative estimate of drug-likeness (QED) is 0.505. The van der Waals surface area contributed by atoms with Crippen LogP contribution in [0.4, 0.5) is 0 Å². The van der Waals surface area contributed by atoms with Gasteiger partial charge in [0.15, 0.2) is 0 Å². The van der Waals surface area contributed by atoms with E-state index >= 15 is 0 Å². The van der Waals surface area contributed by atoms with Crippen molar-refractivity contribution >= 4 is 28.3 Å². The lowest BCUT2D eigenvalue weighted by molar-refractivity contribution is 0.0714. The van der Waals surface area contributed by atoms with Crippen molar-refractivity contribution in [3.8, 4) is 0 Å². The average Bonchev–Trinajstić information content (AvgIpc) is 3.47. The van der Waals surface area contributed by atoms with Crippen LogP contribution in [-0.2, 0) is 6.67 Å². The van der Waals surface area contributed by atoms with Crippen molar-refractivity contribution in [2.75, 3.05) is 13.1 Å². The van der Waals surface area contributed by atoms with Crippen molar-refractivity contribution in [2.24, 2.45) is 0 Å². The number of nitrogens with zero attached hydrogens (tertiary/aromatic N) is 7. The number of likely N-dealkylation sites (tertiary alicyclic amines) is 1. The second-order valence-electron chi connectivity index (χ2n) is 7.69. The molecule has 0 spiro atoms. The molecule has 3 aromatic heterocycles. The fourth-order valence-electron chi connectivity index (χ4n) is 4.18. The Balaban J connectivity index is 1.29. The summed E-state index contributed by atoms with van der Waals surface area (Å²) in [5.41, 5.74) is 2.73. The first-order valence-electron chi connectivity index (χ1n) is 10.1. The molecule has 0 aliphatic carbocycles. The smallest absolute Gasteiger partial charge is 0.265 e. The number of carbonyl (C=O) groups is 1. The van der Waals surface area contributed by atoms with Gasteiger partial charge in [0.05, 0.1) is 16.2 Å². The Morgan fingerprint density at radius 2 is 2.00 bits per heavy atom. The van der Waals surface area contributed by atoms with Gasteiger partial charge in [-0.15, -0.1) is 16.4 Å². The summed E-state index contributed by atoms with van der Waals surface area (Å²) >= 11 is 1.49. The van der Waals surface area contributed by atoms with Crippen molar-refractivity contribution < 1.29 is 4.79 Å². The van der Waals surface area contributed by atoms with Crippen molar-refractivity contribution in [1.29, 1.82) is 0 Å². The number of hydrogen-bond donors (Lipinski definition) is 0. The van der Waals surface area contributed by atoms with Crippen LogP contribution in [-0.4, -0.2) is 53.4 Å². The van der Waals surface area contributed by atoms with Crippen LogP contribution in [0.2, 0.25) is 0 Å². The van der Waals surface area contributed by atoms with E-state index in [0.717, 1.165) is 58.4 Å². The number of para-hydroxylation sites is 1. The molecule has 1 saturated heterocycles. The maximum Gasteiger partial charge on any atom is 0.265 e. The van der Waals surface area contributed by atoms with Crippen LogP contribution < -0.4 is 0 Å². The highest BCUT2D eigenvalue weighted by Crippen LogP contribution is 2.29. The van der Waals surface area contributed by atoms with Gasteiger partial charge in [-0.3, -0.25) is 4.79 Å². The maximum absolute atomic E-state index is 12.9. The van der Waals surface area contributed by atoms with Crippen molar-refractivity contribution in [3.05, 3.63) is 58.1 Å². The third-order valence-electron chi connectivity index (χ3n) is 5.70. The lowest BCUT2D eigenvalue weighted by Gasteiger charge is -2.31. The normalized spacial score (nSPS) is 15.2. The van der Waals surface area contributed by atoms with Gasteiger partial charge in [0.25, 0.3) is 5.91 Å². The van der Waals surface area contributed by atoms with Crippen LogP contribution in [0.3, 0.4) is 0 Å². The Kier molecular flexibility index (Phi) is 4.82. The van der Waals surface area contributed by atoms with Gasteiger partial charge in [-0.25, -0.2) is 14.6 Å². The summed E-state index contributed by atoms with van der Waals surface area (Å²) < 4.78 is 4.04. The standard InChI is InChI=1S/C21H23N7OS/c1-14-19(30-15(2)23-14)21(29)26-10-7-16(8-11-26)20-22-9-12-27(20)13-28-18-6-4-3-5-17(18)24-25-28/h3-6,9,12,16H,7-8,10-11,13H2,1-2H3. The van der Waals surface area contributed by atoms with E-state index in [-0.39, 0.29) is 5.91 Å². The molecule has 0 saturated carbocycles. The Morgan fingerprint density at radius 1 is 1.20 bits per heavy atom. The number of piperidine rings is 1. The fourth-order valence-corrected chi connectivity index (χ4v) is 5.07. The molecule has 0 unspecified atom stereocenters. The second-order valence-corrected chi connectivity index (χ2v) is 8.89. The monoisotopic (exact) mass is 421 g/mol. The van der Waals surface area contributed by atoms with E-state index in [4.69, 9.17) is 0 Å². The SMILES string of the molecule is Cc1nc(C)c(C(=O)N2CCC(c3nccn3Cn3nnc4ccccc43)CC2)s1. The number of amides is 1. The molecule has 0 N–H and O–H groups in total. The van der Waals surface area contributed by atoms with Crippen molar-refractivity contribution in [1.82, 2.24) is 34.4 Å². The summed E-state index contributed by atoms with van der Waals surface area (Å²) in [6.45, 7) is 5.90. The van der Waals surface area contributed by atoms with Gasteiger partial charge in [-0.05, 0) is 38.8 Å². The first-order chi connectivity index (χ1) is 14.6. The summed E-state index contributed by atoms with van der Waals surface area (Å²) in [6, 6.07) is 7.95. The Hall–Kier alpha value is -3.07. The Labute approximate surface area is 178 Å². The minimum absolute atomic E-state index is 0.106. The van der Waals surface area contributed by atoms with Crippen LogP contribution in [0.1, 0.15) is 45.0 Å². The minimum Gasteiger partial charge on any atom is -0.338 e. The van der Waals surface area contributed by atoms with E-state index in [1.807, 2.05) is 60.1 Å². The molecule has 30 heavy (non-hydrogen) atoms. The maximum atomic E-state index is 12.9. The van der Waals surface area contributed by atoms with Crippen molar-refractivity contribution in [3.63, 3.8) is 0 Å². The summed E-state index contributed by atoms with van der Waals surface area (Å²) in [6.07, 6.45) is 5.64. The molecule has 1 aliphatic heterocycles. The fraction of sp³-hybridized carbons (Fsp3) is 0.381. The molecule has 4 heterocycles. The molecular formula is C21H23N7OS. The summed E-state index contributed by atoms with van der Waals surface area (Å²) in [7, 11) is 0. The van der Waals surface area contributed by atoms with E-state index in [2.05, 4.69) is 24.8 Å². The number of thiazole rings is 1. The van der Waals surface area contributed by atoms with E-state index < -0.39 is 0 Å². The predicted molar refractivity (Wildman–Crippen MR) is 115 cm³/mol. The average molecular weight is 422 g/mol. The van der Waals surface area contributed by atoms with Crippen molar-refractivity contribution in [2.45, 2.75) is 39.3 Å². The van der Waals surface area contributed by atoms with E-state index in [1.165, 1.54) is 11.3 Å². The van der Waals surface area contributed by atoms with Crippen LogP contribution in [0, 0.1) is 13.8 Å². The molecule has 0 bridgehead atoms. The lowest BCUT2D eigenvalue weighted by Crippen LogP contribution is -2.38. The Morgan fingerprint density at radius 3 is 2.77 bits per heavy atom. The predicted octanol–water partition coefficient (Wildman–Crippen LogP) is 3.23. The minimum atomic E-state index is 0.106. The number of carbonyl (C=O) groups excluding carboxylic acids is 1. The molecule has 9 heteroatoms. The zero-order valence-corrected chi connectivity index (χ0v) is 17.8. The zero-order chi connectivity index (χ0) is 20.7. The molecular weight excluding hydrogens is 398 g/mol. The first kappa shape index (κ1) is 18.9. The van der Waals surface area contributed by atoms with Crippen LogP contribution in [0.5, 0.6) is 0 Å². The number of aromatic nitrogens is 6. The highest BCUT2D eigenvalue weighted by molar-refractivity contribution is 7.13. The first-order valence-corrected chi connectivity index (χ1v) is 10.9. The van der Waals surface area contributed by atoms with Gasteiger partial charge in [0.1, 0.15) is 22.9 Å². The molecule has 8 nitrogen and oxygen atoms in total. The van der Waals surface area contributed by atoms with E-state index in [0.29, 0.717) is 12.6 Å². The second kappa shape index (κ2) is 7.64. The zero-order valence-electron chi connectivity index (χ0n) is 17.0. The molecule has 0 atom stereocenters. The molecule has 1 fully saturated rings. The summed E-state index contributed by atoms with van der Waals surface area (Å²) in [5, 5.41) is 9.47. The van der Waals surface area contributed by atoms with Crippen LogP contribution in [0.15, 0.2) is 36.7 Å². The third-order valence-corrected chi connectivity index (χ3v) is 6.76. The van der Waals surface area contributed by atoms with Gasteiger partial charge in [0.2, 0.25) is 0 Å². The molecule has 1 aliphatic rings. The van der Waals surface area contributed by atoms with Gasteiger partial charge in [-0.1, -0.05) is 17.3 Å². The number of benzene rings is 1.